The summed E-state index contributed by atoms with van der Waals surface area (Å²) in [5, 5.41) is 0. The average Bonchev–Trinajstić information content (AvgIpc) is 2.51. The van der Waals surface area contributed by atoms with E-state index in [4.69, 9.17) is 4.42 Å². The quantitative estimate of drug-likeness (QED) is 0.642. The number of carbonyl (C=O) groups excluding carboxylic acids is 1. The molecule has 0 radical (unpaired) electrons. The normalized spacial score (nSPS) is 11.2. The van der Waals surface area contributed by atoms with Gasteiger partial charge in [0.2, 0.25) is 0 Å². The van der Waals surface area contributed by atoms with Crippen molar-refractivity contribution in [2.24, 2.45) is 5.92 Å². The van der Waals surface area contributed by atoms with Gasteiger partial charge in [0.05, 0.1) is 6.26 Å². The molecule has 64 valence electrons. The van der Waals surface area contributed by atoms with Crippen molar-refractivity contribution in [1.82, 2.24) is 0 Å². The molecular formula is C10H12O2. The standard InChI is InChI=1S/C10H12O2/c1-8(2)10(11)6-5-9-4-3-7-12-9/h3-8H,1-2H3/b6-5+. The molecule has 1 rings (SSSR count). The van der Waals surface area contributed by atoms with Crippen LogP contribution in [0.5, 0.6) is 0 Å². The molecule has 0 amide bonds. The van der Waals surface area contributed by atoms with Gasteiger partial charge in [-0.2, -0.15) is 0 Å². The van der Waals surface area contributed by atoms with E-state index in [0.29, 0.717) is 5.76 Å². The van der Waals surface area contributed by atoms with Crippen LogP contribution in [0.1, 0.15) is 19.6 Å². The maximum atomic E-state index is 11.1. The van der Waals surface area contributed by atoms with Crippen LogP contribution >= 0.6 is 0 Å². The highest BCUT2D eigenvalue weighted by Gasteiger charge is 2.01. The molecule has 0 atom stereocenters. The smallest absolute Gasteiger partial charge is 0.158 e. The number of hydrogen-bond donors (Lipinski definition) is 0. The van der Waals surface area contributed by atoms with Crippen LogP contribution in [0.2, 0.25) is 0 Å². The van der Waals surface area contributed by atoms with Gasteiger partial charge in [-0.15, -0.1) is 0 Å². The van der Waals surface area contributed by atoms with Crippen LogP contribution in [0.15, 0.2) is 28.9 Å². The van der Waals surface area contributed by atoms with Gasteiger partial charge < -0.3 is 4.42 Å². The third kappa shape index (κ3) is 2.38. The van der Waals surface area contributed by atoms with E-state index in [9.17, 15) is 4.79 Å². The Bertz CT molecular complexity index is 268. The molecular weight excluding hydrogens is 152 g/mol. The third-order valence-electron chi connectivity index (χ3n) is 1.52. The lowest BCUT2D eigenvalue weighted by molar-refractivity contribution is -0.117. The van der Waals surface area contributed by atoms with Crippen LogP contribution in [0.25, 0.3) is 6.08 Å². The van der Waals surface area contributed by atoms with Crippen LogP contribution in [-0.4, -0.2) is 5.78 Å². The average molecular weight is 164 g/mol. The molecule has 0 unspecified atom stereocenters. The predicted molar refractivity (Wildman–Crippen MR) is 47.6 cm³/mol. The molecule has 2 nitrogen and oxygen atoms in total. The van der Waals surface area contributed by atoms with Gasteiger partial charge >= 0.3 is 0 Å². The van der Waals surface area contributed by atoms with Gasteiger partial charge in [-0.05, 0) is 24.3 Å². The van der Waals surface area contributed by atoms with Crippen molar-refractivity contribution in [2.45, 2.75) is 13.8 Å². The first kappa shape index (κ1) is 8.78. The van der Waals surface area contributed by atoms with E-state index in [0.717, 1.165) is 0 Å². The van der Waals surface area contributed by atoms with Crippen molar-refractivity contribution in [3.05, 3.63) is 30.2 Å². The van der Waals surface area contributed by atoms with Crippen molar-refractivity contribution >= 4 is 11.9 Å². The number of ketones is 1. The molecule has 1 heterocycles. The monoisotopic (exact) mass is 164 g/mol. The number of carbonyl (C=O) groups is 1. The molecule has 0 saturated heterocycles. The van der Waals surface area contributed by atoms with Crippen molar-refractivity contribution in [2.75, 3.05) is 0 Å². The zero-order valence-corrected chi connectivity index (χ0v) is 7.28. The first-order chi connectivity index (χ1) is 5.70. The van der Waals surface area contributed by atoms with E-state index < -0.39 is 0 Å². The van der Waals surface area contributed by atoms with Gasteiger partial charge in [0, 0.05) is 5.92 Å². The van der Waals surface area contributed by atoms with Crippen LogP contribution < -0.4 is 0 Å². The molecule has 0 saturated carbocycles. The van der Waals surface area contributed by atoms with Crippen LogP contribution in [0.3, 0.4) is 0 Å². The van der Waals surface area contributed by atoms with Crippen molar-refractivity contribution in [1.29, 1.82) is 0 Å². The minimum absolute atomic E-state index is 0.0520. The van der Waals surface area contributed by atoms with Gasteiger partial charge in [-0.3, -0.25) is 4.79 Å². The fourth-order valence-electron chi connectivity index (χ4n) is 0.743. The summed E-state index contributed by atoms with van der Waals surface area (Å²) in [6.45, 7) is 3.74. The van der Waals surface area contributed by atoms with E-state index in [2.05, 4.69) is 0 Å². The SMILES string of the molecule is CC(C)C(=O)/C=C/c1ccco1. The second kappa shape index (κ2) is 3.90. The Morgan fingerprint density at radius 2 is 2.33 bits per heavy atom. The lowest BCUT2D eigenvalue weighted by Gasteiger charge is -1.94. The van der Waals surface area contributed by atoms with E-state index >= 15 is 0 Å². The van der Waals surface area contributed by atoms with Gasteiger partial charge in [0.15, 0.2) is 5.78 Å². The van der Waals surface area contributed by atoms with Crippen LogP contribution in [0.4, 0.5) is 0 Å². The Morgan fingerprint density at radius 1 is 1.58 bits per heavy atom. The van der Waals surface area contributed by atoms with E-state index in [1.807, 2.05) is 19.9 Å². The molecule has 1 aromatic rings. The summed E-state index contributed by atoms with van der Waals surface area (Å²) in [4.78, 5) is 11.1. The molecule has 2 heteroatoms. The van der Waals surface area contributed by atoms with Crippen molar-refractivity contribution in [3.63, 3.8) is 0 Å². The summed E-state index contributed by atoms with van der Waals surface area (Å²) in [6, 6.07) is 3.60. The summed E-state index contributed by atoms with van der Waals surface area (Å²) in [5.41, 5.74) is 0. The molecule has 0 spiro atoms. The topological polar surface area (TPSA) is 30.2 Å². The zero-order valence-electron chi connectivity index (χ0n) is 7.28. The molecule has 0 fully saturated rings. The molecule has 1 aromatic heterocycles. The number of allylic oxidation sites excluding steroid dienone is 1. The Hall–Kier alpha value is -1.31. The highest BCUT2D eigenvalue weighted by atomic mass is 16.3. The summed E-state index contributed by atoms with van der Waals surface area (Å²) >= 11 is 0. The first-order valence-electron chi connectivity index (χ1n) is 3.95. The first-order valence-corrected chi connectivity index (χ1v) is 3.95. The predicted octanol–water partition coefficient (Wildman–Crippen LogP) is 2.52. The van der Waals surface area contributed by atoms with Gasteiger partial charge in [0.25, 0.3) is 0 Å². The molecule has 0 aliphatic rings. The Morgan fingerprint density at radius 3 is 2.83 bits per heavy atom. The minimum atomic E-state index is 0.0520. The maximum absolute atomic E-state index is 11.1. The zero-order chi connectivity index (χ0) is 8.97. The molecule has 12 heavy (non-hydrogen) atoms. The number of furan rings is 1. The molecule has 0 bridgehead atoms. The second-order valence-corrected chi connectivity index (χ2v) is 2.91. The Labute approximate surface area is 71.9 Å². The highest BCUT2D eigenvalue weighted by molar-refractivity contribution is 5.94. The minimum Gasteiger partial charge on any atom is -0.465 e. The molecule has 0 N–H and O–H groups in total. The van der Waals surface area contributed by atoms with Crippen molar-refractivity contribution < 1.29 is 9.21 Å². The number of rotatable bonds is 3. The lowest BCUT2D eigenvalue weighted by Crippen LogP contribution is -2.01. The van der Waals surface area contributed by atoms with Crippen LogP contribution in [0, 0.1) is 5.92 Å². The molecule has 0 aliphatic heterocycles. The molecule has 0 aliphatic carbocycles. The maximum Gasteiger partial charge on any atom is 0.158 e. The van der Waals surface area contributed by atoms with Gasteiger partial charge in [0.1, 0.15) is 5.76 Å². The Balaban J connectivity index is 2.57. The van der Waals surface area contributed by atoms with Gasteiger partial charge in [-0.25, -0.2) is 0 Å². The van der Waals surface area contributed by atoms with Crippen LogP contribution in [-0.2, 0) is 4.79 Å². The highest BCUT2D eigenvalue weighted by Crippen LogP contribution is 2.04. The third-order valence-corrected chi connectivity index (χ3v) is 1.52. The number of hydrogen-bond acceptors (Lipinski definition) is 2. The van der Waals surface area contributed by atoms with E-state index in [1.54, 1.807) is 24.5 Å². The lowest BCUT2D eigenvalue weighted by atomic mass is 10.1. The largest absolute Gasteiger partial charge is 0.465 e. The fourth-order valence-corrected chi connectivity index (χ4v) is 0.743. The summed E-state index contributed by atoms with van der Waals surface area (Å²) in [7, 11) is 0. The summed E-state index contributed by atoms with van der Waals surface area (Å²) in [6.07, 6.45) is 4.81. The van der Waals surface area contributed by atoms with E-state index in [-0.39, 0.29) is 11.7 Å². The molecule has 0 aromatic carbocycles. The second-order valence-electron chi connectivity index (χ2n) is 2.91. The Kier molecular flexibility index (Phi) is 2.86. The van der Waals surface area contributed by atoms with Crippen molar-refractivity contribution in [3.8, 4) is 0 Å². The fraction of sp³-hybridized carbons (Fsp3) is 0.300. The van der Waals surface area contributed by atoms with E-state index in [1.165, 1.54) is 0 Å². The summed E-state index contributed by atoms with van der Waals surface area (Å²) in [5.74, 6) is 0.881. The summed E-state index contributed by atoms with van der Waals surface area (Å²) < 4.78 is 5.02. The van der Waals surface area contributed by atoms with Gasteiger partial charge in [-0.1, -0.05) is 13.8 Å².